The van der Waals surface area contributed by atoms with Crippen molar-refractivity contribution in [3.63, 3.8) is 0 Å². The largest absolute Gasteiger partial charge is 0.308 e. The van der Waals surface area contributed by atoms with Crippen molar-refractivity contribution in [2.45, 2.75) is 6.54 Å². The van der Waals surface area contributed by atoms with E-state index in [0.717, 1.165) is 0 Å². The smallest absolute Gasteiger partial charge is 0.247 e. The molecule has 0 aliphatic rings. The zero-order valence-electron chi connectivity index (χ0n) is 8.17. The minimum Gasteiger partial charge on any atom is -0.308 e. The van der Waals surface area contributed by atoms with Crippen molar-refractivity contribution in [2.24, 2.45) is 0 Å². The molecule has 0 unspecified atom stereocenters. The van der Waals surface area contributed by atoms with E-state index in [0.29, 0.717) is 10.4 Å². The number of carbonyl (C=O) groups excluding carboxylic acids is 1. The van der Waals surface area contributed by atoms with Gasteiger partial charge < -0.3 is 5.32 Å². The summed E-state index contributed by atoms with van der Waals surface area (Å²) in [5.41, 5.74) is 0. The van der Waals surface area contributed by atoms with Gasteiger partial charge in [0.15, 0.2) is 5.82 Å². The van der Waals surface area contributed by atoms with Crippen LogP contribution in [0.2, 0.25) is 0 Å². The summed E-state index contributed by atoms with van der Waals surface area (Å²) < 4.78 is 2.15. The van der Waals surface area contributed by atoms with Crippen molar-refractivity contribution in [2.75, 3.05) is 5.32 Å². The molecule has 0 radical (unpaired) electrons. The van der Waals surface area contributed by atoms with Crippen molar-refractivity contribution in [1.82, 2.24) is 19.7 Å². The van der Waals surface area contributed by atoms with Gasteiger partial charge in [0.2, 0.25) is 5.91 Å². The standard InChI is InChI=1S/C9H8BrN5O/c10-7-4-12-8(5-11-7)14-9(16)6-15-3-1-2-13-15/h1-5H,6H2,(H,12,14,16). The van der Waals surface area contributed by atoms with Crippen LogP contribution in [-0.2, 0) is 11.3 Å². The molecule has 1 amide bonds. The molecule has 2 aromatic heterocycles. The Labute approximate surface area is 99.8 Å². The molecule has 2 rings (SSSR count). The highest BCUT2D eigenvalue weighted by Crippen LogP contribution is 2.05. The number of carbonyl (C=O) groups is 1. The van der Waals surface area contributed by atoms with E-state index >= 15 is 0 Å². The Kier molecular flexibility index (Phi) is 3.25. The number of aromatic nitrogens is 4. The third kappa shape index (κ3) is 2.86. The van der Waals surface area contributed by atoms with Gasteiger partial charge in [0.25, 0.3) is 0 Å². The highest BCUT2D eigenvalue weighted by atomic mass is 79.9. The first-order valence-electron chi connectivity index (χ1n) is 4.49. The third-order valence-electron chi connectivity index (χ3n) is 1.75. The van der Waals surface area contributed by atoms with Crippen molar-refractivity contribution in [3.8, 4) is 0 Å². The van der Waals surface area contributed by atoms with Gasteiger partial charge in [0.1, 0.15) is 11.1 Å². The Morgan fingerprint density at radius 2 is 2.31 bits per heavy atom. The maximum absolute atomic E-state index is 11.5. The molecule has 0 atom stereocenters. The molecule has 0 spiro atoms. The van der Waals surface area contributed by atoms with Crippen LogP contribution in [0, 0.1) is 0 Å². The molecule has 2 heterocycles. The number of nitrogens with zero attached hydrogens (tertiary/aromatic N) is 4. The van der Waals surface area contributed by atoms with E-state index in [4.69, 9.17) is 0 Å². The average Bonchev–Trinajstić information content (AvgIpc) is 2.74. The zero-order valence-corrected chi connectivity index (χ0v) is 9.75. The molecule has 2 aromatic rings. The maximum Gasteiger partial charge on any atom is 0.247 e. The fourth-order valence-electron chi connectivity index (χ4n) is 1.10. The zero-order chi connectivity index (χ0) is 11.4. The summed E-state index contributed by atoms with van der Waals surface area (Å²) in [5.74, 6) is 0.223. The summed E-state index contributed by atoms with van der Waals surface area (Å²) >= 11 is 3.16. The first-order chi connectivity index (χ1) is 7.74. The first kappa shape index (κ1) is 10.7. The molecule has 16 heavy (non-hydrogen) atoms. The molecule has 0 aliphatic carbocycles. The minimum atomic E-state index is -0.194. The number of hydrogen-bond donors (Lipinski definition) is 1. The Balaban J connectivity index is 1.95. The van der Waals surface area contributed by atoms with Crippen LogP contribution in [0.1, 0.15) is 0 Å². The molecule has 82 valence electrons. The number of hydrogen-bond acceptors (Lipinski definition) is 4. The second-order valence-corrected chi connectivity index (χ2v) is 3.79. The molecule has 0 aliphatic heterocycles. The number of rotatable bonds is 3. The fourth-order valence-corrected chi connectivity index (χ4v) is 1.31. The van der Waals surface area contributed by atoms with Crippen LogP contribution >= 0.6 is 15.9 Å². The quantitative estimate of drug-likeness (QED) is 0.914. The number of amides is 1. The Morgan fingerprint density at radius 1 is 1.44 bits per heavy atom. The molecule has 7 heteroatoms. The van der Waals surface area contributed by atoms with E-state index in [1.54, 1.807) is 18.5 Å². The second-order valence-electron chi connectivity index (χ2n) is 2.98. The van der Waals surface area contributed by atoms with Gasteiger partial charge in [0.05, 0.1) is 12.4 Å². The van der Waals surface area contributed by atoms with Crippen molar-refractivity contribution < 1.29 is 4.79 Å². The molecule has 6 nitrogen and oxygen atoms in total. The summed E-state index contributed by atoms with van der Waals surface area (Å²) in [5, 5.41) is 6.54. The van der Waals surface area contributed by atoms with Crippen LogP contribution in [0.4, 0.5) is 5.82 Å². The molecule has 0 saturated carbocycles. The lowest BCUT2D eigenvalue weighted by atomic mass is 10.5. The summed E-state index contributed by atoms with van der Waals surface area (Å²) in [6, 6.07) is 1.76. The van der Waals surface area contributed by atoms with Gasteiger partial charge >= 0.3 is 0 Å². The highest BCUT2D eigenvalue weighted by molar-refractivity contribution is 9.10. The van der Waals surface area contributed by atoms with Crippen LogP contribution in [0.15, 0.2) is 35.5 Å². The molecule has 1 N–H and O–H groups in total. The predicted octanol–water partition coefficient (Wildman–Crippen LogP) is 1.07. The van der Waals surface area contributed by atoms with Crippen LogP contribution in [0.5, 0.6) is 0 Å². The lowest BCUT2D eigenvalue weighted by molar-refractivity contribution is -0.116. The van der Waals surface area contributed by atoms with E-state index in [2.05, 4.69) is 36.3 Å². The van der Waals surface area contributed by atoms with E-state index < -0.39 is 0 Å². The average molecular weight is 282 g/mol. The molecular formula is C9H8BrN5O. The predicted molar refractivity (Wildman–Crippen MR) is 60.6 cm³/mol. The Bertz CT molecular complexity index is 467. The van der Waals surface area contributed by atoms with E-state index in [1.807, 2.05) is 0 Å². The van der Waals surface area contributed by atoms with Gasteiger partial charge in [-0.3, -0.25) is 9.48 Å². The third-order valence-corrected chi connectivity index (χ3v) is 2.16. The summed E-state index contributed by atoms with van der Waals surface area (Å²) in [4.78, 5) is 19.4. The van der Waals surface area contributed by atoms with Crippen molar-refractivity contribution in [1.29, 1.82) is 0 Å². The number of halogens is 1. The van der Waals surface area contributed by atoms with Crippen LogP contribution in [0.25, 0.3) is 0 Å². The number of nitrogens with one attached hydrogen (secondary N) is 1. The summed E-state index contributed by atoms with van der Waals surface area (Å²) in [7, 11) is 0. The van der Waals surface area contributed by atoms with Gasteiger partial charge in [-0.25, -0.2) is 9.97 Å². The first-order valence-corrected chi connectivity index (χ1v) is 5.28. The van der Waals surface area contributed by atoms with Gasteiger partial charge in [-0.05, 0) is 22.0 Å². The maximum atomic E-state index is 11.5. The molecular weight excluding hydrogens is 274 g/mol. The van der Waals surface area contributed by atoms with E-state index in [9.17, 15) is 4.79 Å². The van der Waals surface area contributed by atoms with Crippen LogP contribution in [-0.4, -0.2) is 25.7 Å². The SMILES string of the molecule is O=C(Cn1cccn1)Nc1cnc(Br)cn1. The lowest BCUT2D eigenvalue weighted by Gasteiger charge is -2.03. The topological polar surface area (TPSA) is 72.7 Å². The number of anilines is 1. The molecule has 0 fully saturated rings. The molecule has 0 aromatic carbocycles. The van der Waals surface area contributed by atoms with Crippen LogP contribution in [0.3, 0.4) is 0 Å². The van der Waals surface area contributed by atoms with E-state index in [1.165, 1.54) is 17.1 Å². The Morgan fingerprint density at radius 3 is 2.94 bits per heavy atom. The Hall–Kier alpha value is -1.76. The van der Waals surface area contributed by atoms with Crippen LogP contribution < -0.4 is 5.32 Å². The van der Waals surface area contributed by atoms with Gasteiger partial charge in [0, 0.05) is 12.4 Å². The monoisotopic (exact) mass is 281 g/mol. The minimum absolute atomic E-state index is 0.157. The molecule has 0 bridgehead atoms. The van der Waals surface area contributed by atoms with Gasteiger partial charge in [-0.2, -0.15) is 5.10 Å². The lowest BCUT2D eigenvalue weighted by Crippen LogP contribution is -2.19. The second kappa shape index (κ2) is 4.84. The summed E-state index contributed by atoms with van der Waals surface area (Å²) in [6.07, 6.45) is 6.33. The van der Waals surface area contributed by atoms with E-state index in [-0.39, 0.29) is 12.5 Å². The van der Waals surface area contributed by atoms with Crippen molar-refractivity contribution in [3.05, 3.63) is 35.5 Å². The van der Waals surface area contributed by atoms with Gasteiger partial charge in [-0.15, -0.1) is 0 Å². The van der Waals surface area contributed by atoms with Gasteiger partial charge in [-0.1, -0.05) is 0 Å². The highest BCUT2D eigenvalue weighted by Gasteiger charge is 2.04. The molecule has 0 saturated heterocycles. The van der Waals surface area contributed by atoms with Crippen molar-refractivity contribution >= 4 is 27.7 Å². The summed E-state index contributed by atoms with van der Waals surface area (Å²) in [6.45, 7) is 0.157. The fraction of sp³-hybridized carbons (Fsp3) is 0.111. The normalized spacial score (nSPS) is 10.1.